The van der Waals surface area contributed by atoms with Crippen molar-refractivity contribution in [3.8, 4) is 0 Å². The maximum absolute atomic E-state index is 14.0. The molecule has 2 amide bonds. The van der Waals surface area contributed by atoms with Gasteiger partial charge in [-0.25, -0.2) is 9.78 Å². The Kier molecular flexibility index (Phi) is 10.8. The number of esters is 1. The van der Waals surface area contributed by atoms with Crippen LogP contribution in [0.15, 0.2) is 131 Å². The van der Waals surface area contributed by atoms with Gasteiger partial charge < -0.3 is 20.2 Å². The normalized spacial score (nSPS) is 17.2. The number of carbonyl (C=O) groups excluding carboxylic acids is 3. The van der Waals surface area contributed by atoms with E-state index in [0.29, 0.717) is 20.8 Å². The predicted molar refractivity (Wildman–Crippen MR) is 218 cm³/mol. The molecule has 2 aliphatic heterocycles. The molecule has 13 heteroatoms. The fraction of sp³-hybridized carbons (Fsp3) is 0.214. The van der Waals surface area contributed by atoms with Crippen LogP contribution in [0.1, 0.15) is 48.7 Å². The van der Waals surface area contributed by atoms with Crippen LogP contribution < -0.4 is 10.6 Å². The van der Waals surface area contributed by atoms with Crippen LogP contribution in [0.3, 0.4) is 0 Å². The summed E-state index contributed by atoms with van der Waals surface area (Å²) in [4.78, 5) is 53.5. The molecule has 2 N–H and O–H groups in total. The number of nitrogens with one attached hydrogen (secondary N) is 2. The summed E-state index contributed by atoms with van der Waals surface area (Å²) < 4.78 is 5.75. The fourth-order valence-corrected chi connectivity index (χ4v) is 8.90. The minimum Gasteiger partial charge on any atom is -0.455 e. The number of amides is 2. The number of hydrogen-bond acceptors (Lipinski definition) is 10. The minimum atomic E-state index is -0.926. The van der Waals surface area contributed by atoms with Crippen molar-refractivity contribution in [3.63, 3.8) is 0 Å². The van der Waals surface area contributed by atoms with Crippen molar-refractivity contribution in [1.29, 1.82) is 0 Å². The van der Waals surface area contributed by atoms with Gasteiger partial charge in [0.1, 0.15) is 35.7 Å². The van der Waals surface area contributed by atoms with E-state index < -0.39 is 41.0 Å². The number of thiazole rings is 1. The topological polar surface area (TPSA) is 122 Å². The van der Waals surface area contributed by atoms with Crippen molar-refractivity contribution < 1.29 is 24.0 Å². The smallest absolute Gasteiger partial charge is 0.356 e. The molecule has 0 radical (unpaired) electrons. The molecule has 55 heavy (non-hydrogen) atoms. The highest BCUT2D eigenvalue weighted by Crippen LogP contribution is 2.45. The molecule has 1 aromatic heterocycles. The second kappa shape index (κ2) is 15.7. The van der Waals surface area contributed by atoms with Crippen LogP contribution in [0.4, 0.5) is 5.13 Å². The summed E-state index contributed by atoms with van der Waals surface area (Å²) in [5, 5.41) is 13.4. The number of hydrogen-bond donors (Lipinski definition) is 2. The van der Waals surface area contributed by atoms with Crippen molar-refractivity contribution in [2.45, 2.75) is 44.0 Å². The number of β-lactam (4-membered cyclic amide) rings is 1. The Balaban J connectivity index is 1.17. The van der Waals surface area contributed by atoms with Gasteiger partial charge in [-0.2, -0.15) is 0 Å². The second-order valence-electron chi connectivity index (χ2n) is 13.9. The summed E-state index contributed by atoms with van der Waals surface area (Å²) >= 11 is 8.87. The minimum absolute atomic E-state index is 0.101. The molecule has 3 heterocycles. The van der Waals surface area contributed by atoms with E-state index in [9.17, 15) is 14.4 Å². The van der Waals surface area contributed by atoms with E-state index >= 15 is 0 Å². The number of benzene rings is 4. The first-order valence-corrected chi connectivity index (χ1v) is 19.8. The molecule has 2 aliphatic rings. The first kappa shape index (κ1) is 37.9. The Morgan fingerprint density at radius 1 is 0.873 bits per heavy atom. The van der Waals surface area contributed by atoms with Crippen LogP contribution in [-0.4, -0.2) is 63.9 Å². The fourth-order valence-electron chi connectivity index (χ4n) is 6.72. The highest BCUT2D eigenvalue weighted by molar-refractivity contribution is 8.08. The molecule has 0 spiro atoms. The van der Waals surface area contributed by atoms with Gasteiger partial charge >= 0.3 is 5.97 Å². The molecule has 0 saturated carbocycles. The third-order valence-corrected chi connectivity index (χ3v) is 11.4. The summed E-state index contributed by atoms with van der Waals surface area (Å²) in [7, 11) is 1.34. The number of aromatic nitrogens is 1. The lowest BCUT2D eigenvalue weighted by Crippen LogP contribution is -2.73. The van der Waals surface area contributed by atoms with E-state index in [1.54, 1.807) is 50.4 Å². The van der Waals surface area contributed by atoms with Gasteiger partial charge in [-0.15, -0.1) is 23.1 Å². The van der Waals surface area contributed by atoms with Gasteiger partial charge in [0.2, 0.25) is 0 Å². The lowest BCUT2D eigenvalue weighted by molar-refractivity contribution is -0.160. The van der Waals surface area contributed by atoms with Crippen molar-refractivity contribution in [2.75, 3.05) is 18.2 Å². The van der Waals surface area contributed by atoms with Crippen LogP contribution in [0.2, 0.25) is 5.02 Å². The molecule has 4 aromatic carbocycles. The monoisotopic (exact) mass is 791 g/mol. The molecule has 0 bridgehead atoms. The Morgan fingerprint density at radius 2 is 1.44 bits per heavy atom. The van der Waals surface area contributed by atoms with Gasteiger partial charge in [0.25, 0.3) is 11.8 Å². The largest absolute Gasteiger partial charge is 0.455 e. The average molecular weight is 792 g/mol. The van der Waals surface area contributed by atoms with Crippen molar-refractivity contribution in [3.05, 3.63) is 159 Å². The number of halogens is 1. The van der Waals surface area contributed by atoms with Gasteiger partial charge in [-0.3, -0.25) is 14.5 Å². The van der Waals surface area contributed by atoms with Crippen LogP contribution in [-0.2, 0) is 29.5 Å². The van der Waals surface area contributed by atoms with Crippen LogP contribution in [0, 0.1) is 0 Å². The Morgan fingerprint density at radius 3 is 1.96 bits per heavy atom. The number of rotatable bonds is 11. The predicted octanol–water partition coefficient (Wildman–Crippen LogP) is 7.70. The molecular formula is C42H38ClN5O5S2. The Hall–Kier alpha value is -5.43. The molecule has 5 aromatic rings. The molecule has 280 valence electrons. The van der Waals surface area contributed by atoms with Gasteiger partial charge in [-0.05, 0) is 55.2 Å². The summed E-state index contributed by atoms with van der Waals surface area (Å²) in [6, 6.07) is 35.9. The number of carbonyl (C=O) groups is 3. The molecule has 7 rings (SSSR count). The molecule has 10 nitrogen and oxygen atoms in total. The summed E-state index contributed by atoms with van der Waals surface area (Å²) in [5.41, 5.74) is 2.35. The number of nitrogens with zero attached hydrogens (tertiary/aromatic N) is 3. The third kappa shape index (κ3) is 7.62. The molecule has 1 fully saturated rings. The Labute approximate surface area is 332 Å². The zero-order valence-electron chi connectivity index (χ0n) is 30.5. The summed E-state index contributed by atoms with van der Waals surface area (Å²) in [6.07, 6.45) is 0. The van der Waals surface area contributed by atoms with E-state index in [1.165, 1.54) is 35.1 Å². The van der Waals surface area contributed by atoms with Gasteiger partial charge in [0, 0.05) is 21.1 Å². The van der Waals surface area contributed by atoms with Crippen molar-refractivity contribution in [2.24, 2.45) is 5.16 Å². The lowest BCUT2D eigenvalue weighted by atomic mass is 9.77. The van der Waals surface area contributed by atoms with E-state index in [1.807, 2.05) is 54.6 Å². The summed E-state index contributed by atoms with van der Waals surface area (Å²) in [6.45, 7) is 5.30. The van der Waals surface area contributed by atoms with Crippen molar-refractivity contribution >= 4 is 68.2 Å². The molecule has 2 atom stereocenters. The number of oxime groups is 1. The van der Waals surface area contributed by atoms with E-state index in [0.717, 1.165) is 22.3 Å². The van der Waals surface area contributed by atoms with Crippen LogP contribution >= 0.6 is 34.7 Å². The second-order valence-corrected chi connectivity index (χ2v) is 16.2. The number of anilines is 1. The molecule has 0 aliphatic carbocycles. The number of ether oxygens (including phenoxy) is 1. The first-order valence-electron chi connectivity index (χ1n) is 17.5. The maximum Gasteiger partial charge on any atom is 0.356 e. The number of fused-ring (bicyclic) bond motifs is 1. The zero-order valence-corrected chi connectivity index (χ0v) is 32.9. The van der Waals surface area contributed by atoms with Gasteiger partial charge in [0.05, 0.1) is 6.04 Å². The third-order valence-electron chi connectivity index (χ3n) is 9.12. The lowest BCUT2D eigenvalue weighted by Gasteiger charge is -2.50. The molecular weight excluding hydrogens is 754 g/mol. The zero-order chi connectivity index (χ0) is 38.7. The maximum atomic E-state index is 14.0. The quantitative estimate of drug-likeness (QED) is 0.0459. The van der Waals surface area contributed by atoms with Crippen LogP contribution in [0.25, 0.3) is 4.91 Å². The highest BCUT2D eigenvalue weighted by Gasteiger charge is 2.55. The van der Waals surface area contributed by atoms with Crippen molar-refractivity contribution in [1.82, 2.24) is 15.2 Å². The number of thioether (sulfide) groups is 1. The van der Waals surface area contributed by atoms with Crippen LogP contribution in [0.5, 0.6) is 0 Å². The molecule has 1 saturated heterocycles. The van der Waals surface area contributed by atoms with E-state index in [2.05, 4.69) is 52.2 Å². The van der Waals surface area contributed by atoms with E-state index in [-0.39, 0.29) is 17.1 Å². The SMILES string of the molecule is CON=C(C(=O)NC1C(=O)N2C(C(=O)OC(C)(C)C)=C(c3ccc(Cl)cc3)SCC12)c1csc(NC(c2ccccc2)(c2ccccc2)c2ccccc2)n1. The summed E-state index contributed by atoms with van der Waals surface area (Å²) in [5.74, 6) is -1.30. The van der Waals surface area contributed by atoms with Gasteiger partial charge in [-0.1, -0.05) is 120 Å². The van der Waals surface area contributed by atoms with E-state index in [4.69, 9.17) is 26.2 Å². The first-order chi connectivity index (χ1) is 26.5. The Bertz CT molecular complexity index is 2160. The standard InChI is InChI=1S/C42H38ClN5O5S2/c1-41(2,3)53-39(51)35-36(26-20-22-30(43)23-21-26)54-25-32-34(38(50)48(32)35)45-37(49)33(47-52-4)31-24-55-40(44-31)46-42(27-14-8-5-9-15-27,28-16-10-6-11-17-28)29-18-12-7-13-19-29/h5-24,32,34H,25H2,1-4H3,(H,44,46)(H,45,49). The highest BCUT2D eigenvalue weighted by atomic mass is 35.5. The average Bonchev–Trinajstić information content (AvgIpc) is 3.66. The van der Waals surface area contributed by atoms with Gasteiger partial charge in [0.15, 0.2) is 10.8 Å². The molecule has 2 unspecified atom stereocenters.